The Hall–Kier alpha value is 0.210. The van der Waals surface area contributed by atoms with E-state index in [1.165, 1.54) is 0 Å². The van der Waals surface area contributed by atoms with E-state index in [1.807, 2.05) is 0 Å². The van der Waals surface area contributed by atoms with E-state index in [1.54, 1.807) is 6.92 Å². The van der Waals surface area contributed by atoms with Crippen molar-refractivity contribution in [1.29, 1.82) is 0 Å². The lowest BCUT2D eigenvalue weighted by molar-refractivity contribution is 0.727. The fourth-order valence-corrected chi connectivity index (χ4v) is 1.14. The molecule has 0 aromatic rings. The zero-order valence-corrected chi connectivity index (χ0v) is 6.80. The van der Waals surface area contributed by atoms with Gasteiger partial charge in [-0.05, 0) is 6.92 Å². The molecule has 0 atom stereocenters. The summed E-state index contributed by atoms with van der Waals surface area (Å²) < 4.78 is 0. The van der Waals surface area contributed by atoms with Gasteiger partial charge in [0.15, 0.2) is 10.3 Å². The molecule has 0 aromatic heterocycles. The standard InChI is InChI=1S/C4H3Cl3N2/c1-4(7)8-2(5)3(6)9-4/h1H3. The van der Waals surface area contributed by atoms with E-state index >= 15 is 0 Å². The topological polar surface area (TPSA) is 24.7 Å². The molecule has 0 bridgehead atoms. The molecular formula is C4H3Cl3N2. The van der Waals surface area contributed by atoms with Gasteiger partial charge < -0.3 is 0 Å². The average molecular weight is 185 g/mol. The number of hydrogen-bond acceptors (Lipinski definition) is 2. The Morgan fingerprint density at radius 3 is 1.67 bits per heavy atom. The summed E-state index contributed by atoms with van der Waals surface area (Å²) in [4.78, 5) is 7.43. The van der Waals surface area contributed by atoms with Gasteiger partial charge in [0, 0.05) is 0 Å². The van der Waals surface area contributed by atoms with E-state index < -0.39 is 5.12 Å². The Morgan fingerprint density at radius 1 is 1.22 bits per heavy atom. The number of hydrogen-bond donors (Lipinski definition) is 0. The molecule has 0 radical (unpaired) electrons. The number of rotatable bonds is 0. The van der Waals surface area contributed by atoms with Crippen LogP contribution in [0.5, 0.6) is 0 Å². The Morgan fingerprint density at radius 2 is 1.56 bits per heavy atom. The van der Waals surface area contributed by atoms with Crippen molar-refractivity contribution in [3.63, 3.8) is 0 Å². The van der Waals surface area contributed by atoms with Crippen LogP contribution in [-0.2, 0) is 0 Å². The summed E-state index contributed by atoms with van der Waals surface area (Å²) in [5, 5.41) is -0.628. The molecule has 9 heavy (non-hydrogen) atoms. The molecule has 5 heteroatoms. The van der Waals surface area contributed by atoms with E-state index in [9.17, 15) is 0 Å². The second-order valence-electron chi connectivity index (χ2n) is 1.71. The first-order valence-corrected chi connectivity index (χ1v) is 3.35. The van der Waals surface area contributed by atoms with Gasteiger partial charge in [0.05, 0.1) is 0 Å². The highest BCUT2D eigenvalue weighted by atomic mass is 35.5. The van der Waals surface area contributed by atoms with Gasteiger partial charge in [-0.2, -0.15) is 0 Å². The molecule has 0 saturated carbocycles. The monoisotopic (exact) mass is 184 g/mol. The zero-order chi connectivity index (χ0) is 7.07. The zero-order valence-electron chi connectivity index (χ0n) is 4.53. The molecule has 1 aliphatic heterocycles. The van der Waals surface area contributed by atoms with Gasteiger partial charge in [0.2, 0.25) is 5.12 Å². The molecular weight excluding hydrogens is 182 g/mol. The Balaban J connectivity index is 2.96. The summed E-state index contributed by atoms with van der Waals surface area (Å²) >= 11 is 16.5. The van der Waals surface area contributed by atoms with Crippen LogP contribution in [0.3, 0.4) is 0 Å². The number of alkyl halides is 1. The quantitative estimate of drug-likeness (QED) is 0.408. The number of aliphatic imine (C=N–C) groups is 2. The third-order valence-corrected chi connectivity index (χ3v) is 1.57. The lowest BCUT2D eigenvalue weighted by Gasteiger charge is -2.02. The first kappa shape index (κ1) is 7.32. The van der Waals surface area contributed by atoms with Crippen LogP contribution in [0.15, 0.2) is 9.98 Å². The minimum atomic E-state index is -0.978. The van der Waals surface area contributed by atoms with Crippen molar-refractivity contribution in [2.24, 2.45) is 9.98 Å². The Bertz CT molecular complexity index is 174. The van der Waals surface area contributed by atoms with Crippen LogP contribution in [0.25, 0.3) is 0 Å². The summed E-state index contributed by atoms with van der Waals surface area (Å²) in [7, 11) is 0. The first-order valence-electron chi connectivity index (χ1n) is 2.21. The van der Waals surface area contributed by atoms with Gasteiger partial charge in [-0.15, -0.1) is 0 Å². The molecule has 0 aliphatic carbocycles. The first-order chi connectivity index (χ1) is 4.01. The lowest BCUT2D eigenvalue weighted by atomic mass is 10.6. The maximum atomic E-state index is 5.61. The lowest BCUT2D eigenvalue weighted by Crippen LogP contribution is -2.03. The molecule has 1 rings (SSSR count). The maximum absolute atomic E-state index is 5.61. The Kier molecular flexibility index (Phi) is 1.72. The van der Waals surface area contributed by atoms with Crippen LogP contribution in [0.4, 0.5) is 0 Å². The van der Waals surface area contributed by atoms with Gasteiger partial charge >= 0.3 is 0 Å². The number of nitrogens with zero attached hydrogens (tertiary/aromatic N) is 2. The van der Waals surface area contributed by atoms with E-state index in [2.05, 4.69) is 9.98 Å². The van der Waals surface area contributed by atoms with Gasteiger partial charge in [-0.1, -0.05) is 34.8 Å². The van der Waals surface area contributed by atoms with Crippen LogP contribution in [-0.4, -0.2) is 15.5 Å². The minimum absolute atomic E-state index is 0.175. The summed E-state index contributed by atoms with van der Waals surface area (Å²) in [6, 6.07) is 0. The van der Waals surface area contributed by atoms with Gasteiger partial charge in [0.25, 0.3) is 0 Å². The third-order valence-electron chi connectivity index (χ3n) is 0.775. The van der Waals surface area contributed by atoms with Gasteiger partial charge in [-0.25, -0.2) is 9.98 Å². The molecule has 2 nitrogen and oxygen atoms in total. The van der Waals surface area contributed by atoms with Crippen molar-refractivity contribution >= 4 is 45.1 Å². The predicted molar refractivity (Wildman–Crippen MR) is 40.8 cm³/mol. The van der Waals surface area contributed by atoms with E-state index in [0.29, 0.717) is 0 Å². The third kappa shape index (κ3) is 1.57. The molecule has 50 valence electrons. The molecule has 0 saturated heterocycles. The van der Waals surface area contributed by atoms with Crippen molar-refractivity contribution in [2.75, 3.05) is 0 Å². The molecule has 0 N–H and O–H groups in total. The van der Waals surface area contributed by atoms with Crippen LogP contribution in [0, 0.1) is 0 Å². The molecule has 1 aliphatic rings. The van der Waals surface area contributed by atoms with Crippen molar-refractivity contribution in [2.45, 2.75) is 12.0 Å². The average Bonchev–Trinajstić information content (AvgIpc) is 1.79. The van der Waals surface area contributed by atoms with Crippen LogP contribution >= 0.6 is 34.8 Å². The second-order valence-corrected chi connectivity index (χ2v) is 3.14. The van der Waals surface area contributed by atoms with Gasteiger partial charge in [-0.3, -0.25) is 0 Å². The highest BCUT2D eigenvalue weighted by Crippen LogP contribution is 2.25. The highest BCUT2D eigenvalue weighted by Gasteiger charge is 2.26. The highest BCUT2D eigenvalue weighted by molar-refractivity contribution is 7.01. The molecule has 0 fully saturated rings. The largest absolute Gasteiger partial charge is 0.225 e. The van der Waals surface area contributed by atoms with Crippen molar-refractivity contribution in [3.8, 4) is 0 Å². The van der Waals surface area contributed by atoms with Crippen molar-refractivity contribution < 1.29 is 0 Å². The molecule has 1 heterocycles. The maximum Gasteiger partial charge on any atom is 0.225 e. The van der Waals surface area contributed by atoms with Gasteiger partial charge in [0.1, 0.15) is 0 Å². The fourth-order valence-electron chi connectivity index (χ4n) is 0.476. The summed E-state index contributed by atoms with van der Waals surface area (Å²) in [6.07, 6.45) is 0. The van der Waals surface area contributed by atoms with E-state index in [4.69, 9.17) is 34.8 Å². The van der Waals surface area contributed by atoms with Crippen LogP contribution in [0.1, 0.15) is 6.92 Å². The normalized spacial score (nSPS) is 23.6. The molecule has 0 unspecified atom stereocenters. The summed E-state index contributed by atoms with van der Waals surface area (Å²) in [5.41, 5.74) is 0. The van der Waals surface area contributed by atoms with Crippen molar-refractivity contribution in [1.82, 2.24) is 0 Å². The molecule has 0 spiro atoms. The fraction of sp³-hybridized carbons (Fsp3) is 0.500. The molecule has 0 aromatic carbocycles. The van der Waals surface area contributed by atoms with E-state index in [0.717, 1.165) is 0 Å². The SMILES string of the molecule is CC1(Cl)N=C(Cl)C(Cl)=N1. The van der Waals surface area contributed by atoms with Crippen LogP contribution < -0.4 is 0 Å². The summed E-state index contributed by atoms with van der Waals surface area (Å²) in [5.74, 6) is 0. The smallest absolute Gasteiger partial charge is 0.225 e. The number of halogens is 3. The van der Waals surface area contributed by atoms with Crippen molar-refractivity contribution in [3.05, 3.63) is 0 Å². The Labute approximate surface area is 67.5 Å². The summed E-state index contributed by atoms with van der Waals surface area (Å²) in [6.45, 7) is 1.60. The van der Waals surface area contributed by atoms with E-state index in [-0.39, 0.29) is 10.3 Å². The predicted octanol–water partition coefficient (Wildman–Crippen LogP) is 2.19. The molecule has 0 amide bonds. The minimum Gasteiger partial charge on any atom is -0.225 e. The van der Waals surface area contributed by atoms with Crippen LogP contribution in [0.2, 0.25) is 0 Å². The second kappa shape index (κ2) is 2.11.